The van der Waals surface area contributed by atoms with Crippen molar-refractivity contribution < 1.29 is 4.79 Å². The van der Waals surface area contributed by atoms with Gasteiger partial charge in [-0.3, -0.25) is 4.79 Å². The van der Waals surface area contributed by atoms with Crippen LogP contribution in [0.15, 0.2) is 59.1 Å². The van der Waals surface area contributed by atoms with Crippen molar-refractivity contribution >= 4 is 27.5 Å². The second-order valence-corrected chi connectivity index (χ2v) is 4.80. The molecule has 0 saturated carbocycles. The lowest BCUT2D eigenvalue weighted by Gasteiger charge is -2.12. The Morgan fingerprint density at radius 1 is 1.06 bits per heavy atom. The minimum absolute atomic E-state index is 0.219. The largest absolute Gasteiger partial charge is 0.324 e. The summed E-state index contributed by atoms with van der Waals surface area (Å²) in [7, 11) is 0. The van der Waals surface area contributed by atoms with E-state index in [1.165, 1.54) is 0 Å². The van der Waals surface area contributed by atoms with Crippen LogP contribution in [0, 0.1) is 0 Å². The number of rotatable bonds is 3. The van der Waals surface area contributed by atoms with Crippen molar-refractivity contribution in [1.29, 1.82) is 0 Å². The van der Waals surface area contributed by atoms with Gasteiger partial charge in [-0.1, -0.05) is 46.3 Å². The van der Waals surface area contributed by atoms with Crippen LogP contribution < -0.4 is 11.1 Å². The first kappa shape index (κ1) is 12.8. The molecule has 1 amide bonds. The molecule has 92 valence electrons. The highest BCUT2D eigenvalue weighted by Crippen LogP contribution is 2.16. The molecule has 0 aliphatic rings. The van der Waals surface area contributed by atoms with Crippen molar-refractivity contribution in [2.75, 3.05) is 5.32 Å². The second-order valence-electron chi connectivity index (χ2n) is 3.88. The number of hydrogen-bond acceptors (Lipinski definition) is 2. The zero-order chi connectivity index (χ0) is 13.0. The number of benzene rings is 2. The fourth-order valence-electron chi connectivity index (χ4n) is 1.56. The number of halogens is 1. The van der Waals surface area contributed by atoms with Crippen LogP contribution in [0.3, 0.4) is 0 Å². The second kappa shape index (κ2) is 5.80. The van der Waals surface area contributed by atoms with Gasteiger partial charge in [0, 0.05) is 10.2 Å². The lowest BCUT2D eigenvalue weighted by molar-refractivity contribution is -0.117. The Labute approximate surface area is 114 Å². The minimum Gasteiger partial charge on any atom is -0.324 e. The topological polar surface area (TPSA) is 55.1 Å². The first-order valence-corrected chi connectivity index (χ1v) is 6.33. The highest BCUT2D eigenvalue weighted by molar-refractivity contribution is 9.10. The molecule has 3 N–H and O–H groups in total. The molecular formula is C14H13BrN2O. The third kappa shape index (κ3) is 3.18. The highest BCUT2D eigenvalue weighted by Gasteiger charge is 2.15. The number of carbonyl (C=O) groups is 1. The van der Waals surface area contributed by atoms with Gasteiger partial charge in [-0.05, 0) is 29.8 Å². The number of hydrogen-bond donors (Lipinski definition) is 2. The van der Waals surface area contributed by atoms with Crippen molar-refractivity contribution in [3.63, 3.8) is 0 Å². The van der Waals surface area contributed by atoms with E-state index in [0.29, 0.717) is 0 Å². The van der Waals surface area contributed by atoms with Crippen molar-refractivity contribution in [1.82, 2.24) is 0 Å². The molecule has 18 heavy (non-hydrogen) atoms. The number of amides is 1. The number of nitrogens with one attached hydrogen (secondary N) is 1. The van der Waals surface area contributed by atoms with E-state index in [-0.39, 0.29) is 5.91 Å². The van der Waals surface area contributed by atoms with Crippen LogP contribution in [-0.4, -0.2) is 5.91 Å². The molecule has 0 aliphatic heterocycles. The van der Waals surface area contributed by atoms with Crippen molar-refractivity contribution in [2.45, 2.75) is 6.04 Å². The standard InChI is InChI=1S/C14H13BrN2O/c15-11-6-8-12(9-7-11)17-14(18)13(16)10-4-2-1-3-5-10/h1-9,13H,16H2,(H,17,18)/t13-/m0/s1. The summed E-state index contributed by atoms with van der Waals surface area (Å²) in [5, 5.41) is 2.78. The van der Waals surface area contributed by atoms with Crippen LogP contribution in [0.2, 0.25) is 0 Å². The van der Waals surface area contributed by atoms with Crippen LogP contribution >= 0.6 is 15.9 Å². The van der Waals surface area contributed by atoms with Crippen LogP contribution in [0.4, 0.5) is 5.69 Å². The summed E-state index contributed by atoms with van der Waals surface area (Å²) in [4.78, 5) is 11.9. The molecule has 2 aromatic carbocycles. The average molecular weight is 305 g/mol. The third-order valence-corrected chi connectivity index (χ3v) is 3.08. The Hall–Kier alpha value is -1.65. The zero-order valence-corrected chi connectivity index (χ0v) is 11.2. The van der Waals surface area contributed by atoms with Crippen LogP contribution in [0.1, 0.15) is 11.6 Å². The Kier molecular flexibility index (Phi) is 4.12. The van der Waals surface area contributed by atoms with E-state index in [9.17, 15) is 4.79 Å². The maximum atomic E-state index is 11.9. The van der Waals surface area contributed by atoms with E-state index in [1.807, 2.05) is 54.6 Å². The monoisotopic (exact) mass is 304 g/mol. The van der Waals surface area contributed by atoms with E-state index in [4.69, 9.17) is 5.73 Å². The van der Waals surface area contributed by atoms with Crippen LogP contribution in [-0.2, 0) is 4.79 Å². The Morgan fingerprint density at radius 3 is 2.28 bits per heavy atom. The first-order chi connectivity index (χ1) is 8.66. The van der Waals surface area contributed by atoms with Gasteiger partial charge in [-0.15, -0.1) is 0 Å². The molecule has 4 heteroatoms. The Bertz CT molecular complexity index is 525. The molecule has 0 heterocycles. The Balaban J connectivity index is 2.06. The normalized spacial score (nSPS) is 11.9. The molecule has 0 spiro atoms. The average Bonchev–Trinajstić information content (AvgIpc) is 2.41. The van der Waals surface area contributed by atoms with Gasteiger partial charge >= 0.3 is 0 Å². The molecule has 0 unspecified atom stereocenters. The fourth-order valence-corrected chi connectivity index (χ4v) is 1.83. The van der Waals surface area contributed by atoms with E-state index in [0.717, 1.165) is 15.7 Å². The first-order valence-electron chi connectivity index (χ1n) is 5.54. The summed E-state index contributed by atoms with van der Waals surface area (Å²) >= 11 is 3.34. The van der Waals surface area contributed by atoms with Crippen molar-refractivity contribution in [2.24, 2.45) is 5.73 Å². The van der Waals surface area contributed by atoms with E-state index in [2.05, 4.69) is 21.2 Å². The summed E-state index contributed by atoms with van der Waals surface area (Å²) in [5.74, 6) is -0.219. The molecule has 3 nitrogen and oxygen atoms in total. The van der Waals surface area contributed by atoms with Crippen molar-refractivity contribution in [3.8, 4) is 0 Å². The number of anilines is 1. The summed E-state index contributed by atoms with van der Waals surface area (Å²) < 4.78 is 0.966. The predicted octanol–water partition coefficient (Wildman–Crippen LogP) is 3.09. The lowest BCUT2D eigenvalue weighted by atomic mass is 10.1. The van der Waals surface area contributed by atoms with Gasteiger partial charge in [0.1, 0.15) is 6.04 Å². The maximum Gasteiger partial charge on any atom is 0.245 e. The van der Waals surface area contributed by atoms with Gasteiger partial charge in [-0.25, -0.2) is 0 Å². The summed E-state index contributed by atoms with van der Waals surface area (Å²) in [6, 6.07) is 16.0. The lowest BCUT2D eigenvalue weighted by Crippen LogP contribution is -2.27. The zero-order valence-electron chi connectivity index (χ0n) is 9.64. The van der Waals surface area contributed by atoms with Gasteiger partial charge in [0.15, 0.2) is 0 Å². The van der Waals surface area contributed by atoms with Gasteiger partial charge in [0.2, 0.25) is 5.91 Å². The summed E-state index contributed by atoms with van der Waals surface area (Å²) in [6.45, 7) is 0. The minimum atomic E-state index is -0.658. The SMILES string of the molecule is N[C@H](C(=O)Nc1ccc(Br)cc1)c1ccccc1. The van der Waals surface area contributed by atoms with Crippen molar-refractivity contribution in [3.05, 3.63) is 64.6 Å². The Morgan fingerprint density at radius 2 is 1.67 bits per heavy atom. The molecule has 0 aliphatic carbocycles. The quantitative estimate of drug-likeness (QED) is 0.915. The number of carbonyl (C=O) groups excluding carboxylic acids is 1. The molecule has 0 radical (unpaired) electrons. The molecule has 0 aromatic heterocycles. The van der Waals surface area contributed by atoms with Crippen LogP contribution in [0.5, 0.6) is 0 Å². The third-order valence-electron chi connectivity index (χ3n) is 2.55. The van der Waals surface area contributed by atoms with Gasteiger partial charge in [-0.2, -0.15) is 0 Å². The smallest absolute Gasteiger partial charge is 0.245 e. The summed E-state index contributed by atoms with van der Waals surface area (Å²) in [5.41, 5.74) is 7.42. The fraction of sp³-hybridized carbons (Fsp3) is 0.0714. The molecular weight excluding hydrogens is 292 g/mol. The van der Waals surface area contributed by atoms with Gasteiger partial charge < -0.3 is 11.1 Å². The van der Waals surface area contributed by atoms with Gasteiger partial charge in [0.05, 0.1) is 0 Å². The molecule has 0 bridgehead atoms. The predicted molar refractivity (Wildman–Crippen MR) is 76.1 cm³/mol. The van der Waals surface area contributed by atoms with Gasteiger partial charge in [0.25, 0.3) is 0 Å². The molecule has 1 atom stereocenters. The highest BCUT2D eigenvalue weighted by atomic mass is 79.9. The number of nitrogens with two attached hydrogens (primary N) is 1. The molecule has 2 aromatic rings. The maximum absolute atomic E-state index is 11.9. The molecule has 0 saturated heterocycles. The van der Waals surface area contributed by atoms with Crippen LogP contribution in [0.25, 0.3) is 0 Å². The summed E-state index contributed by atoms with van der Waals surface area (Å²) in [6.07, 6.45) is 0. The molecule has 2 rings (SSSR count). The van der Waals surface area contributed by atoms with E-state index < -0.39 is 6.04 Å². The molecule has 0 fully saturated rings. The van der Waals surface area contributed by atoms with E-state index in [1.54, 1.807) is 0 Å². The van der Waals surface area contributed by atoms with E-state index >= 15 is 0 Å².